The summed E-state index contributed by atoms with van der Waals surface area (Å²) in [4.78, 5) is 38.5. The van der Waals surface area contributed by atoms with Crippen LogP contribution in [0.5, 0.6) is 0 Å². The van der Waals surface area contributed by atoms with Gasteiger partial charge in [-0.3, -0.25) is 9.59 Å². The van der Waals surface area contributed by atoms with Crippen LogP contribution in [0.4, 0.5) is 5.69 Å². The van der Waals surface area contributed by atoms with Crippen LogP contribution in [0.15, 0.2) is 12.1 Å². The maximum Gasteiger partial charge on any atom is 0.337 e. The van der Waals surface area contributed by atoms with Crippen molar-refractivity contribution in [2.75, 3.05) is 25.6 Å². The lowest BCUT2D eigenvalue weighted by atomic mass is 10.0. The van der Waals surface area contributed by atoms with Crippen LogP contribution in [0.2, 0.25) is 0 Å². The minimum absolute atomic E-state index is 0.0545. The van der Waals surface area contributed by atoms with E-state index < -0.39 is 11.9 Å². The van der Waals surface area contributed by atoms with E-state index in [2.05, 4.69) is 10.3 Å². The first-order chi connectivity index (χ1) is 11.4. The van der Waals surface area contributed by atoms with Crippen molar-refractivity contribution in [1.82, 2.24) is 4.98 Å². The molecule has 0 bridgehead atoms. The first-order valence-electron chi connectivity index (χ1n) is 7.54. The number of anilines is 1. The first kappa shape index (κ1) is 17.5. The van der Waals surface area contributed by atoms with Gasteiger partial charge in [0.15, 0.2) is 5.78 Å². The summed E-state index contributed by atoms with van der Waals surface area (Å²) in [5.74, 6) is -1.05. The Labute approximate surface area is 139 Å². The summed E-state index contributed by atoms with van der Waals surface area (Å²) in [5.41, 5.74) is 2.66. The fourth-order valence-corrected chi connectivity index (χ4v) is 2.63. The normalized spacial score (nSPS) is 10.5. The Bertz CT molecular complexity index is 807. The number of hydrogen-bond donors (Lipinski definition) is 2. The summed E-state index contributed by atoms with van der Waals surface area (Å²) in [5, 5.41) is 3.55. The number of esters is 2. The van der Waals surface area contributed by atoms with Gasteiger partial charge in [-0.15, -0.1) is 0 Å². The molecular weight excluding hydrogens is 312 g/mol. The number of aromatic amines is 1. The molecule has 1 heterocycles. The summed E-state index contributed by atoms with van der Waals surface area (Å²) in [6.07, 6.45) is 0. The smallest absolute Gasteiger partial charge is 0.337 e. The molecule has 24 heavy (non-hydrogen) atoms. The van der Waals surface area contributed by atoms with Crippen molar-refractivity contribution in [1.29, 1.82) is 0 Å². The van der Waals surface area contributed by atoms with Gasteiger partial charge >= 0.3 is 11.9 Å². The van der Waals surface area contributed by atoms with E-state index in [1.54, 1.807) is 26.0 Å². The SMILES string of the molecule is CCOC(=O)CNc1cc(C(=O)OC)cc2c(C(C)=O)c(C)[nH]c12. The molecule has 0 aliphatic rings. The molecule has 0 radical (unpaired) electrons. The fraction of sp³-hybridized carbons (Fsp3) is 0.353. The van der Waals surface area contributed by atoms with Gasteiger partial charge in [0.05, 0.1) is 30.5 Å². The number of ketones is 1. The first-order valence-corrected chi connectivity index (χ1v) is 7.54. The maximum atomic E-state index is 11.9. The Hall–Kier alpha value is -2.83. The lowest BCUT2D eigenvalue weighted by molar-refractivity contribution is -0.140. The molecule has 0 saturated carbocycles. The minimum Gasteiger partial charge on any atom is -0.465 e. The summed E-state index contributed by atoms with van der Waals surface area (Å²) in [7, 11) is 1.28. The average Bonchev–Trinajstić information content (AvgIpc) is 2.88. The van der Waals surface area contributed by atoms with E-state index in [1.165, 1.54) is 14.0 Å². The number of fused-ring (bicyclic) bond motifs is 1. The third kappa shape index (κ3) is 3.40. The largest absolute Gasteiger partial charge is 0.465 e. The molecule has 2 N–H and O–H groups in total. The number of Topliss-reactive ketones (excluding diaryl/α,β-unsaturated/α-hetero) is 1. The zero-order valence-corrected chi connectivity index (χ0v) is 14.1. The molecule has 128 valence electrons. The van der Waals surface area contributed by atoms with Gasteiger partial charge in [0.25, 0.3) is 0 Å². The van der Waals surface area contributed by atoms with Crippen molar-refractivity contribution >= 4 is 34.3 Å². The summed E-state index contributed by atoms with van der Waals surface area (Å²) in [6, 6.07) is 3.18. The van der Waals surface area contributed by atoms with Gasteiger partial charge < -0.3 is 19.8 Å². The summed E-state index contributed by atoms with van der Waals surface area (Å²) >= 11 is 0. The number of methoxy groups -OCH3 is 1. The number of benzene rings is 1. The highest BCUT2D eigenvalue weighted by Gasteiger charge is 2.19. The lowest BCUT2D eigenvalue weighted by Gasteiger charge is -2.10. The van der Waals surface area contributed by atoms with Gasteiger partial charge in [0.2, 0.25) is 0 Å². The number of ether oxygens (including phenoxy) is 2. The fourth-order valence-electron chi connectivity index (χ4n) is 2.63. The third-order valence-electron chi connectivity index (χ3n) is 3.60. The lowest BCUT2D eigenvalue weighted by Crippen LogP contribution is -2.17. The molecule has 0 aliphatic carbocycles. The van der Waals surface area contributed by atoms with E-state index in [0.717, 1.165) is 0 Å². The van der Waals surface area contributed by atoms with Crippen LogP contribution in [-0.4, -0.2) is 43.0 Å². The molecule has 0 spiro atoms. The summed E-state index contributed by atoms with van der Waals surface area (Å²) in [6.45, 7) is 5.20. The molecule has 2 rings (SSSR count). The van der Waals surface area contributed by atoms with E-state index in [0.29, 0.717) is 27.8 Å². The number of H-pyrrole nitrogens is 1. The second-order valence-corrected chi connectivity index (χ2v) is 5.28. The highest BCUT2D eigenvalue weighted by molar-refractivity contribution is 6.12. The van der Waals surface area contributed by atoms with Crippen molar-refractivity contribution in [3.05, 3.63) is 29.0 Å². The Morgan fingerprint density at radius 1 is 1.25 bits per heavy atom. The number of carbonyl (C=O) groups excluding carboxylic acids is 3. The van der Waals surface area contributed by atoms with Gasteiger partial charge in [-0.1, -0.05) is 0 Å². The van der Waals surface area contributed by atoms with Crippen LogP contribution < -0.4 is 5.32 Å². The number of aromatic nitrogens is 1. The highest BCUT2D eigenvalue weighted by Crippen LogP contribution is 2.30. The quantitative estimate of drug-likeness (QED) is 0.623. The van der Waals surface area contributed by atoms with Gasteiger partial charge in [-0.25, -0.2) is 4.79 Å². The van der Waals surface area contributed by atoms with E-state index in [1.807, 2.05) is 0 Å². The Morgan fingerprint density at radius 2 is 1.96 bits per heavy atom. The Kier molecular flexibility index (Phi) is 5.23. The van der Waals surface area contributed by atoms with Crippen LogP contribution in [0.1, 0.15) is 40.3 Å². The van der Waals surface area contributed by atoms with Crippen LogP contribution in [-0.2, 0) is 14.3 Å². The predicted octanol–water partition coefficient (Wildman–Crippen LogP) is 2.44. The van der Waals surface area contributed by atoms with E-state index in [-0.39, 0.29) is 24.5 Å². The van der Waals surface area contributed by atoms with Gasteiger partial charge in [-0.05, 0) is 32.9 Å². The van der Waals surface area contributed by atoms with Gasteiger partial charge in [0.1, 0.15) is 6.54 Å². The molecule has 1 aromatic carbocycles. The molecule has 0 aliphatic heterocycles. The highest BCUT2D eigenvalue weighted by atomic mass is 16.5. The monoisotopic (exact) mass is 332 g/mol. The molecular formula is C17H20N2O5. The number of aryl methyl sites for hydroxylation is 1. The van der Waals surface area contributed by atoms with E-state index in [4.69, 9.17) is 9.47 Å². The maximum absolute atomic E-state index is 11.9. The molecule has 7 nitrogen and oxygen atoms in total. The second-order valence-electron chi connectivity index (χ2n) is 5.28. The predicted molar refractivity (Wildman–Crippen MR) is 89.5 cm³/mol. The standard InChI is InChI=1S/C17H20N2O5/c1-5-24-14(21)8-18-13-7-11(17(22)23-4)6-12-15(10(3)20)9(2)19-16(12)13/h6-7,18-19H,5,8H2,1-4H3. The molecule has 0 saturated heterocycles. The molecule has 1 aromatic heterocycles. The van der Waals surface area contributed by atoms with Crippen molar-refractivity contribution in [3.8, 4) is 0 Å². The third-order valence-corrected chi connectivity index (χ3v) is 3.60. The van der Waals surface area contributed by atoms with E-state index in [9.17, 15) is 14.4 Å². The molecule has 0 fully saturated rings. The summed E-state index contributed by atoms with van der Waals surface area (Å²) < 4.78 is 9.64. The van der Waals surface area contributed by atoms with Crippen molar-refractivity contribution in [2.24, 2.45) is 0 Å². The van der Waals surface area contributed by atoms with Crippen LogP contribution in [0.3, 0.4) is 0 Å². The number of carbonyl (C=O) groups is 3. The van der Waals surface area contributed by atoms with Gasteiger partial charge in [-0.2, -0.15) is 0 Å². The van der Waals surface area contributed by atoms with Crippen molar-refractivity contribution in [3.63, 3.8) is 0 Å². The molecule has 0 atom stereocenters. The Morgan fingerprint density at radius 3 is 2.54 bits per heavy atom. The number of nitrogens with one attached hydrogen (secondary N) is 2. The average molecular weight is 332 g/mol. The van der Waals surface area contributed by atoms with E-state index >= 15 is 0 Å². The molecule has 2 aromatic rings. The van der Waals surface area contributed by atoms with Crippen molar-refractivity contribution < 1.29 is 23.9 Å². The molecule has 0 amide bonds. The minimum atomic E-state index is -0.524. The van der Waals surface area contributed by atoms with Crippen LogP contribution in [0, 0.1) is 6.92 Å². The topological polar surface area (TPSA) is 97.5 Å². The Balaban J connectivity index is 2.55. The van der Waals surface area contributed by atoms with Gasteiger partial charge in [0, 0.05) is 16.6 Å². The second kappa shape index (κ2) is 7.16. The van der Waals surface area contributed by atoms with Crippen molar-refractivity contribution in [2.45, 2.75) is 20.8 Å². The molecule has 0 unspecified atom stereocenters. The van der Waals surface area contributed by atoms with Crippen LogP contribution >= 0.6 is 0 Å². The number of rotatable bonds is 6. The number of hydrogen-bond acceptors (Lipinski definition) is 6. The zero-order valence-electron chi connectivity index (χ0n) is 14.1. The molecule has 7 heteroatoms. The zero-order chi connectivity index (χ0) is 17.9. The van der Waals surface area contributed by atoms with Crippen LogP contribution in [0.25, 0.3) is 10.9 Å².